The molecule has 6 nitrogen and oxygen atoms in total. The number of aliphatic carboxylic acids is 1. The van der Waals surface area contributed by atoms with Crippen molar-refractivity contribution in [1.82, 2.24) is 10.2 Å². The molecule has 0 atom stereocenters. The SMILES string of the molecule is CC(C)CCC(=O)NCC(=O)N(C)CCCC(=O)O. The average Bonchev–Trinajstić information content (AvgIpc) is 2.32. The molecule has 0 fully saturated rings. The fourth-order valence-corrected chi connectivity index (χ4v) is 1.41. The van der Waals surface area contributed by atoms with Gasteiger partial charge in [0.2, 0.25) is 11.8 Å². The predicted octanol–water partition coefficient (Wildman–Crippen LogP) is 0.862. The zero-order valence-corrected chi connectivity index (χ0v) is 11.9. The van der Waals surface area contributed by atoms with Crippen molar-refractivity contribution < 1.29 is 19.5 Å². The van der Waals surface area contributed by atoms with E-state index >= 15 is 0 Å². The second kappa shape index (κ2) is 9.35. The van der Waals surface area contributed by atoms with Crippen molar-refractivity contribution >= 4 is 17.8 Å². The molecule has 0 aliphatic rings. The molecule has 0 unspecified atom stereocenters. The highest BCUT2D eigenvalue weighted by atomic mass is 16.4. The molecular weight excluding hydrogens is 248 g/mol. The van der Waals surface area contributed by atoms with Crippen LogP contribution in [0.2, 0.25) is 0 Å². The van der Waals surface area contributed by atoms with Gasteiger partial charge in [-0.05, 0) is 18.8 Å². The second-order valence-electron chi connectivity index (χ2n) is 5.02. The zero-order valence-electron chi connectivity index (χ0n) is 11.9. The summed E-state index contributed by atoms with van der Waals surface area (Å²) in [6.45, 7) is 4.43. The van der Waals surface area contributed by atoms with Crippen LogP contribution < -0.4 is 5.32 Å². The van der Waals surface area contributed by atoms with Crippen LogP contribution in [0, 0.1) is 5.92 Å². The fraction of sp³-hybridized carbons (Fsp3) is 0.769. The first kappa shape index (κ1) is 17.4. The summed E-state index contributed by atoms with van der Waals surface area (Å²) in [5.74, 6) is -0.743. The largest absolute Gasteiger partial charge is 0.481 e. The molecule has 0 bridgehead atoms. The molecule has 0 saturated carbocycles. The third-order valence-electron chi connectivity index (χ3n) is 2.70. The molecule has 19 heavy (non-hydrogen) atoms. The summed E-state index contributed by atoms with van der Waals surface area (Å²) in [7, 11) is 1.60. The van der Waals surface area contributed by atoms with Crippen LogP contribution >= 0.6 is 0 Å². The Kier molecular flexibility index (Phi) is 8.57. The Labute approximate surface area is 114 Å². The number of likely N-dealkylation sites (N-methyl/N-ethyl adjacent to an activating group) is 1. The maximum absolute atomic E-state index is 11.6. The lowest BCUT2D eigenvalue weighted by molar-refractivity contribution is -0.137. The monoisotopic (exact) mass is 272 g/mol. The standard InChI is InChI=1S/C13H24N2O4/c1-10(2)6-7-11(16)14-9-12(17)15(3)8-4-5-13(18)19/h10H,4-9H2,1-3H3,(H,14,16)(H,18,19). The van der Waals surface area contributed by atoms with Crippen molar-refractivity contribution in [2.24, 2.45) is 5.92 Å². The Morgan fingerprint density at radius 3 is 2.37 bits per heavy atom. The van der Waals surface area contributed by atoms with Crippen molar-refractivity contribution in [2.75, 3.05) is 20.1 Å². The second-order valence-corrected chi connectivity index (χ2v) is 5.02. The van der Waals surface area contributed by atoms with Crippen molar-refractivity contribution in [2.45, 2.75) is 39.5 Å². The molecule has 0 aliphatic carbocycles. The molecule has 0 heterocycles. The van der Waals surface area contributed by atoms with Gasteiger partial charge in [0, 0.05) is 26.4 Å². The molecule has 0 rings (SSSR count). The van der Waals surface area contributed by atoms with E-state index < -0.39 is 5.97 Å². The van der Waals surface area contributed by atoms with E-state index in [9.17, 15) is 14.4 Å². The van der Waals surface area contributed by atoms with Gasteiger partial charge in [0.25, 0.3) is 0 Å². The van der Waals surface area contributed by atoms with Crippen molar-refractivity contribution in [1.29, 1.82) is 0 Å². The van der Waals surface area contributed by atoms with Crippen LogP contribution in [0.25, 0.3) is 0 Å². The number of carboxylic acids is 1. The minimum Gasteiger partial charge on any atom is -0.481 e. The summed E-state index contributed by atoms with van der Waals surface area (Å²) < 4.78 is 0. The first-order chi connectivity index (χ1) is 8.82. The molecule has 0 radical (unpaired) electrons. The summed E-state index contributed by atoms with van der Waals surface area (Å²) in [4.78, 5) is 34.8. The lowest BCUT2D eigenvalue weighted by atomic mass is 10.1. The normalized spacial score (nSPS) is 10.3. The van der Waals surface area contributed by atoms with Crippen LogP contribution in [0.5, 0.6) is 0 Å². The maximum Gasteiger partial charge on any atom is 0.303 e. The molecule has 2 N–H and O–H groups in total. The highest BCUT2D eigenvalue weighted by molar-refractivity contribution is 5.84. The van der Waals surface area contributed by atoms with Crippen LogP contribution in [-0.2, 0) is 14.4 Å². The molecule has 0 aliphatic heterocycles. The Morgan fingerprint density at radius 1 is 1.21 bits per heavy atom. The number of nitrogens with zero attached hydrogens (tertiary/aromatic N) is 1. The quantitative estimate of drug-likeness (QED) is 0.652. The molecule has 0 spiro atoms. The number of hydrogen-bond acceptors (Lipinski definition) is 3. The van der Waals surface area contributed by atoms with Gasteiger partial charge in [0.05, 0.1) is 6.54 Å². The molecule has 6 heteroatoms. The molecular formula is C13H24N2O4. The van der Waals surface area contributed by atoms with Gasteiger partial charge in [-0.25, -0.2) is 0 Å². The van der Waals surface area contributed by atoms with Gasteiger partial charge in [-0.15, -0.1) is 0 Å². The van der Waals surface area contributed by atoms with E-state index in [2.05, 4.69) is 5.32 Å². The first-order valence-corrected chi connectivity index (χ1v) is 6.55. The van der Waals surface area contributed by atoms with Gasteiger partial charge in [0.15, 0.2) is 0 Å². The fourth-order valence-electron chi connectivity index (χ4n) is 1.41. The van der Waals surface area contributed by atoms with Crippen LogP contribution in [0.15, 0.2) is 0 Å². The molecule has 0 aromatic heterocycles. The smallest absolute Gasteiger partial charge is 0.303 e. The molecule has 0 aromatic rings. The Balaban J connectivity index is 3.77. The first-order valence-electron chi connectivity index (χ1n) is 6.55. The number of carbonyl (C=O) groups is 3. The number of carboxylic acid groups (broad SMARTS) is 1. The van der Waals surface area contributed by atoms with E-state index in [1.165, 1.54) is 4.90 Å². The van der Waals surface area contributed by atoms with Crippen molar-refractivity contribution in [3.63, 3.8) is 0 Å². The lowest BCUT2D eigenvalue weighted by Gasteiger charge is -2.17. The minimum atomic E-state index is -0.872. The van der Waals surface area contributed by atoms with E-state index in [4.69, 9.17) is 5.11 Å². The van der Waals surface area contributed by atoms with E-state index in [-0.39, 0.29) is 24.8 Å². The third-order valence-corrected chi connectivity index (χ3v) is 2.70. The number of rotatable bonds is 9. The van der Waals surface area contributed by atoms with Crippen LogP contribution in [0.1, 0.15) is 39.5 Å². The summed E-state index contributed by atoms with van der Waals surface area (Å²) in [6.07, 6.45) is 1.68. The van der Waals surface area contributed by atoms with E-state index in [1.54, 1.807) is 7.05 Å². The Hall–Kier alpha value is -1.59. The Morgan fingerprint density at radius 2 is 1.84 bits per heavy atom. The summed E-state index contributed by atoms with van der Waals surface area (Å²) >= 11 is 0. The van der Waals surface area contributed by atoms with E-state index in [0.29, 0.717) is 25.3 Å². The van der Waals surface area contributed by atoms with Gasteiger partial charge < -0.3 is 15.3 Å². The van der Waals surface area contributed by atoms with E-state index in [1.807, 2.05) is 13.8 Å². The van der Waals surface area contributed by atoms with Crippen molar-refractivity contribution in [3.05, 3.63) is 0 Å². The number of nitrogens with one attached hydrogen (secondary N) is 1. The predicted molar refractivity (Wildman–Crippen MR) is 71.6 cm³/mol. The highest BCUT2D eigenvalue weighted by Gasteiger charge is 2.11. The number of amides is 2. The molecule has 2 amide bonds. The third kappa shape index (κ3) is 10.1. The maximum atomic E-state index is 11.6. The average molecular weight is 272 g/mol. The summed E-state index contributed by atoms with van der Waals surface area (Å²) in [5.41, 5.74) is 0. The highest BCUT2D eigenvalue weighted by Crippen LogP contribution is 2.02. The number of carbonyl (C=O) groups excluding carboxylic acids is 2. The van der Waals surface area contributed by atoms with E-state index in [0.717, 1.165) is 6.42 Å². The van der Waals surface area contributed by atoms with Gasteiger partial charge in [-0.2, -0.15) is 0 Å². The van der Waals surface area contributed by atoms with Gasteiger partial charge in [0.1, 0.15) is 0 Å². The molecule has 0 saturated heterocycles. The van der Waals surface area contributed by atoms with Crippen molar-refractivity contribution in [3.8, 4) is 0 Å². The van der Waals surface area contributed by atoms with Crippen LogP contribution in [-0.4, -0.2) is 47.9 Å². The summed E-state index contributed by atoms with van der Waals surface area (Å²) in [6, 6.07) is 0. The van der Waals surface area contributed by atoms with Crippen LogP contribution in [0.4, 0.5) is 0 Å². The Bertz CT molecular complexity index is 316. The van der Waals surface area contributed by atoms with Crippen LogP contribution in [0.3, 0.4) is 0 Å². The minimum absolute atomic E-state index is 0.0273. The topological polar surface area (TPSA) is 86.7 Å². The zero-order chi connectivity index (χ0) is 14.8. The lowest BCUT2D eigenvalue weighted by Crippen LogP contribution is -2.38. The van der Waals surface area contributed by atoms with Gasteiger partial charge in [-0.3, -0.25) is 14.4 Å². The molecule has 110 valence electrons. The van der Waals surface area contributed by atoms with Gasteiger partial charge >= 0.3 is 5.97 Å². The number of hydrogen-bond donors (Lipinski definition) is 2. The molecule has 0 aromatic carbocycles. The van der Waals surface area contributed by atoms with Gasteiger partial charge in [-0.1, -0.05) is 13.8 Å². The summed E-state index contributed by atoms with van der Waals surface area (Å²) in [5, 5.41) is 11.1.